The lowest BCUT2D eigenvalue weighted by Gasteiger charge is -2.18. The fourth-order valence-corrected chi connectivity index (χ4v) is 1.69. The van der Waals surface area contributed by atoms with Gasteiger partial charge in [-0.3, -0.25) is 0 Å². The van der Waals surface area contributed by atoms with E-state index in [0.717, 1.165) is 11.5 Å². The van der Waals surface area contributed by atoms with Gasteiger partial charge < -0.3 is 14.8 Å². The van der Waals surface area contributed by atoms with Crippen molar-refractivity contribution in [3.63, 3.8) is 0 Å². The van der Waals surface area contributed by atoms with E-state index in [1.165, 1.54) is 6.20 Å². The molecule has 7 heteroatoms. The van der Waals surface area contributed by atoms with Crippen LogP contribution in [0.15, 0.2) is 12.4 Å². The summed E-state index contributed by atoms with van der Waals surface area (Å²) in [5.41, 5.74) is 0.998. The van der Waals surface area contributed by atoms with Crippen LogP contribution < -0.4 is 9.80 Å². The average Bonchev–Trinajstić information content (AvgIpc) is 2.74. The van der Waals surface area contributed by atoms with Crippen molar-refractivity contribution in [2.24, 2.45) is 0 Å². The Morgan fingerprint density at radius 2 is 1.95 bits per heavy atom. The minimum atomic E-state index is -0.434. The third-order valence-electron chi connectivity index (χ3n) is 2.62. The number of halogens is 1. The van der Waals surface area contributed by atoms with Gasteiger partial charge in [0.25, 0.3) is 0 Å². The van der Waals surface area contributed by atoms with Crippen LogP contribution in [0.1, 0.15) is 11.5 Å². The molecule has 0 spiro atoms. The number of hydrogen-bond acceptors (Lipinski definition) is 5. The lowest BCUT2D eigenvalue weighted by atomic mass is 10.5. The summed E-state index contributed by atoms with van der Waals surface area (Å²) in [4.78, 5) is 19.0. The van der Waals surface area contributed by atoms with Crippen LogP contribution in [0.4, 0.5) is 16.2 Å². The highest BCUT2D eigenvalue weighted by molar-refractivity contribution is 5.43. The smallest absolute Gasteiger partial charge is 0.227 e. The number of nitrogens with zero attached hydrogens (tertiary/aromatic N) is 5. The van der Waals surface area contributed by atoms with Crippen LogP contribution in [0, 0.1) is 12.7 Å². The first kappa shape index (κ1) is 13.3. The molecule has 2 aromatic rings. The third kappa shape index (κ3) is 2.98. The van der Waals surface area contributed by atoms with E-state index in [-0.39, 0.29) is 5.82 Å². The molecule has 0 aliphatic carbocycles. The van der Waals surface area contributed by atoms with Gasteiger partial charge in [-0.25, -0.2) is 14.4 Å². The van der Waals surface area contributed by atoms with E-state index in [2.05, 4.69) is 19.9 Å². The third-order valence-corrected chi connectivity index (χ3v) is 2.62. The van der Waals surface area contributed by atoms with Gasteiger partial charge in [0.05, 0.1) is 12.7 Å². The van der Waals surface area contributed by atoms with E-state index in [1.54, 1.807) is 25.2 Å². The quantitative estimate of drug-likeness (QED) is 0.903. The van der Waals surface area contributed by atoms with Crippen molar-refractivity contribution in [2.45, 2.75) is 13.5 Å². The minimum absolute atomic E-state index is 0.271. The molecule has 0 aliphatic heterocycles. The summed E-state index contributed by atoms with van der Waals surface area (Å²) in [7, 11) is 5.32. The highest BCUT2D eigenvalue weighted by atomic mass is 19.1. The zero-order valence-corrected chi connectivity index (χ0v) is 11.5. The van der Waals surface area contributed by atoms with Gasteiger partial charge >= 0.3 is 0 Å². The van der Waals surface area contributed by atoms with Crippen molar-refractivity contribution >= 4 is 11.8 Å². The van der Waals surface area contributed by atoms with Gasteiger partial charge in [0, 0.05) is 33.0 Å². The highest BCUT2D eigenvalue weighted by Crippen LogP contribution is 2.17. The van der Waals surface area contributed by atoms with E-state index < -0.39 is 5.82 Å². The molecular formula is C12H17FN6. The van der Waals surface area contributed by atoms with Gasteiger partial charge in [-0.05, 0) is 6.92 Å². The molecule has 2 aromatic heterocycles. The lowest BCUT2D eigenvalue weighted by molar-refractivity contribution is 0.610. The molecule has 102 valence electrons. The van der Waals surface area contributed by atoms with E-state index in [0.29, 0.717) is 12.5 Å². The number of aromatic nitrogens is 4. The number of rotatable bonds is 4. The Morgan fingerprint density at radius 1 is 1.21 bits per heavy atom. The molecule has 2 rings (SSSR count). The second kappa shape index (κ2) is 5.21. The Bertz CT molecular complexity index is 565. The largest absolute Gasteiger partial charge is 0.360 e. The molecule has 0 bridgehead atoms. The number of H-pyrrole nitrogens is 1. The monoisotopic (exact) mass is 264 g/mol. The first-order valence-corrected chi connectivity index (χ1v) is 5.89. The van der Waals surface area contributed by atoms with E-state index >= 15 is 0 Å². The normalized spacial score (nSPS) is 10.6. The molecule has 2 heterocycles. The first-order valence-electron chi connectivity index (χ1n) is 5.89. The summed E-state index contributed by atoms with van der Waals surface area (Å²) >= 11 is 0. The second-order valence-electron chi connectivity index (χ2n) is 4.60. The predicted molar refractivity (Wildman–Crippen MR) is 71.7 cm³/mol. The van der Waals surface area contributed by atoms with Crippen molar-refractivity contribution in [1.29, 1.82) is 0 Å². The van der Waals surface area contributed by atoms with Crippen LogP contribution in [0.2, 0.25) is 0 Å². The molecular weight excluding hydrogens is 247 g/mol. The van der Waals surface area contributed by atoms with Crippen molar-refractivity contribution in [1.82, 2.24) is 19.9 Å². The van der Waals surface area contributed by atoms with E-state index in [1.807, 2.05) is 18.9 Å². The number of hydrogen-bond donors (Lipinski definition) is 1. The molecule has 0 atom stereocenters. The van der Waals surface area contributed by atoms with Crippen LogP contribution in [0.5, 0.6) is 0 Å². The standard InChI is InChI=1S/C12H17FN6/c1-8-5-14-10(16-8)7-19(4)12-15-6-9(13)11(17-12)18(2)3/h5-6H,7H2,1-4H3,(H,14,16). The van der Waals surface area contributed by atoms with Crippen molar-refractivity contribution in [3.05, 3.63) is 29.7 Å². The van der Waals surface area contributed by atoms with Crippen LogP contribution in [0.25, 0.3) is 0 Å². The molecule has 6 nitrogen and oxygen atoms in total. The number of imidazole rings is 1. The average molecular weight is 264 g/mol. The molecule has 19 heavy (non-hydrogen) atoms. The zero-order valence-electron chi connectivity index (χ0n) is 11.5. The van der Waals surface area contributed by atoms with Crippen molar-refractivity contribution in [2.75, 3.05) is 30.9 Å². The van der Waals surface area contributed by atoms with Crippen LogP contribution in [0.3, 0.4) is 0 Å². The summed E-state index contributed by atoms with van der Waals surface area (Å²) in [5, 5.41) is 0. The fourth-order valence-electron chi connectivity index (χ4n) is 1.69. The number of aryl methyl sites for hydroxylation is 1. The van der Waals surface area contributed by atoms with Crippen LogP contribution in [-0.2, 0) is 6.54 Å². The summed E-state index contributed by atoms with van der Waals surface area (Å²) in [6.07, 6.45) is 2.95. The number of aromatic amines is 1. The van der Waals surface area contributed by atoms with E-state index in [9.17, 15) is 4.39 Å². The van der Waals surface area contributed by atoms with Crippen molar-refractivity contribution < 1.29 is 4.39 Å². The molecule has 0 radical (unpaired) electrons. The molecule has 0 aliphatic rings. The molecule has 0 unspecified atom stereocenters. The molecule has 0 amide bonds. The summed E-state index contributed by atoms with van der Waals surface area (Å²) < 4.78 is 13.5. The van der Waals surface area contributed by atoms with Gasteiger partial charge in [0.2, 0.25) is 5.95 Å². The maximum absolute atomic E-state index is 13.5. The highest BCUT2D eigenvalue weighted by Gasteiger charge is 2.12. The Balaban J connectivity index is 2.19. The fraction of sp³-hybridized carbons (Fsp3) is 0.417. The Labute approximate surface area is 111 Å². The minimum Gasteiger partial charge on any atom is -0.360 e. The second-order valence-corrected chi connectivity index (χ2v) is 4.60. The molecule has 0 saturated heterocycles. The maximum atomic E-state index is 13.5. The van der Waals surface area contributed by atoms with Gasteiger partial charge in [0.1, 0.15) is 5.82 Å². The maximum Gasteiger partial charge on any atom is 0.227 e. The van der Waals surface area contributed by atoms with Gasteiger partial charge in [0.15, 0.2) is 11.6 Å². The number of anilines is 2. The van der Waals surface area contributed by atoms with Crippen molar-refractivity contribution in [3.8, 4) is 0 Å². The Hall–Kier alpha value is -2.18. The van der Waals surface area contributed by atoms with E-state index in [4.69, 9.17) is 0 Å². The van der Waals surface area contributed by atoms with Gasteiger partial charge in [-0.1, -0.05) is 0 Å². The topological polar surface area (TPSA) is 60.9 Å². The Morgan fingerprint density at radius 3 is 2.53 bits per heavy atom. The van der Waals surface area contributed by atoms with Crippen LogP contribution >= 0.6 is 0 Å². The van der Waals surface area contributed by atoms with Gasteiger partial charge in [-0.2, -0.15) is 4.98 Å². The number of nitrogens with one attached hydrogen (secondary N) is 1. The Kier molecular flexibility index (Phi) is 3.64. The van der Waals surface area contributed by atoms with Crippen LogP contribution in [-0.4, -0.2) is 41.1 Å². The molecule has 0 fully saturated rings. The summed E-state index contributed by atoms with van der Waals surface area (Å²) in [5.74, 6) is 1.11. The molecule has 0 saturated carbocycles. The zero-order chi connectivity index (χ0) is 14.0. The first-order chi connectivity index (χ1) is 8.97. The summed E-state index contributed by atoms with van der Waals surface area (Å²) in [6.45, 7) is 2.47. The van der Waals surface area contributed by atoms with Gasteiger partial charge in [-0.15, -0.1) is 0 Å². The molecule has 1 N–H and O–H groups in total. The molecule has 0 aromatic carbocycles. The lowest BCUT2D eigenvalue weighted by Crippen LogP contribution is -2.22. The predicted octanol–water partition coefficient (Wildman–Crippen LogP) is 1.35. The summed E-state index contributed by atoms with van der Waals surface area (Å²) in [6, 6.07) is 0. The SMILES string of the molecule is Cc1cnc(CN(C)c2ncc(F)c(N(C)C)n2)[nH]1.